The smallest absolute Gasteiger partial charge is 0.223 e. The quantitative estimate of drug-likeness (QED) is 0.737. The number of ether oxygens (including phenoxy) is 1. The molecule has 0 saturated carbocycles. The number of rotatable bonds is 8. The van der Waals surface area contributed by atoms with Gasteiger partial charge in [-0.25, -0.2) is 4.98 Å². The minimum absolute atomic E-state index is 0.0358. The summed E-state index contributed by atoms with van der Waals surface area (Å²) in [5.74, 6) is 1.69. The van der Waals surface area contributed by atoms with E-state index in [-0.39, 0.29) is 24.7 Å². The highest BCUT2D eigenvalue weighted by atomic mass is 16.5. The Bertz CT molecular complexity index is 805. The number of amides is 2. The maximum Gasteiger partial charge on any atom is 0.223 e. The molecule has 1 N–H and O–H groups in total. The topological polar surface area (TPSA) is 74.8 Å². The fraction of sp³-hybridized carbons (Fsp3) is 0.409. The highest BCUT2D eigenvalue weighted by molar-refractivity contribution is 5.83. The van der Waals surface area contributed by atoms with Crippen LogP contribution in [-0.4, -0.2) is 61.5 Å². The van der Waals surface area contributed by atoms with Crippen LogP contribution < -0.4 is 15.0 Å². The Balaban J connectivity index is 1.33. The van der Waals surface area contributed by atoms with Gasteiger partial charge in [0.05, 0.1) is 7.11 Å². The number of methoxy groups -OCH3 is 1. The molecule has 3 rings (SSSR count). The van der Waals surface area contributed by atoms with Gasteiger partial charge in [0, 0.05) is 51.8 Å². The van der Waals surface area contributed by atoms with E-state index in [0.717, 1.165) is 36.6 Å². The number of hydrogen-bond donors (Lipinski definition) is 1. The molecular formula is C22H28N4O3. The Hall–Kier alpha value is -3.09. The van der Waals surface area contributed by atoms with E-state index >= 15 is 0 Å². The predicted molar refractivity (Wildman–Crippen MR) is 112 cm³/mol. The number of hydrogen-bond acceptors (Lipinski definition) is 5. The average molecular weight is 396 g/mol. The number of aromatic nitrogens is 1. The number of piperazine rings is 1. The number of nitrogens with zero attached hydrogens (tertiary/aromatic N) is 3. The third-order valence-electron chi connectivity index (χ3n) is 5.04. The average Bonchev–Trinajstić information content (AvgIpc) is 2.78. The molecule has 1 aromatic carbocycles. The summed E-state index contributed by atoms with van der Waals surface area (Å²) >= 11 is 0. The molecule has 2 aromatic rings. The molecule has 1 saturated heterocycles. The summed E-state index contributed by atoms with van der Waals surface area (Å²) in [5, 5.41) is 2.89. The van der Waals surface area contributed by atoms with Gasteiger partial charge in [0.1, 0.15) is 11.6 Å². The second-order valence-electron chi connectivity index (χ2n) is 7.01. The number of carbonyl (C=O) groups is 2. The zero-order valence-corrected chi connectivity index (χ0v) is 16.8. The van der Waals surface area contributed by atoms with Crippen LogP contribution in [0.4, 0.5) is 5.82 Å². The largest absolute Gasteiger partial charge is 0.497 e. The number of pyridine rings is 1. The molecule has 1 aliphatic heterocycles. The van der Waals surface area contributed by atoms with E-state index in [1.807, 2.05) is 47.4 Å². The first-order chi connectivity index (χ1) is 14.2. The van der Waals surface area contributed by atoms with Crippen molar-refractivity contribution in [1.29, 1.82) is 0 Å². The van der Waals surface area contributed by atoms with Gasteiger partial charge in [-0.2, -0.15) is 0 Å². The monoisotopic (exact) mass is 396 g/mol. The lowest BCUT2D eigenvalue weighted by molar-refractivity contribution is -0.133. The van der Waals surface area contributed by atoms with Crippen molar-refractivity contribution in [2.75, 3.05) is 44.7 Å². The van der Waals surface area contributed by atoms with E-state index in [9.17, 15) is 9.59 Å². The third kappa shape index (κ3) is 6.20. The second kappa shape index (κ2) is 10.5. The van der Waals surface area contributed by atoms with Crippen molar-refractivity contribution >= 4 is 17.6 Å². The van der Waals surface area contributed by atoms with Gasteiger partial charge >= 0.3 is 0 Å². The van der Waals surface area contributed by atoms with Gasteiger partial charge in [-0.05, 0) is 36.2 Å². The normalized spacial score (nSPS) is 13.8. The molecule has 154 valence electrons. The standard InChI is InChI=1S/C22H28N4O3/c1-29-19-6-4-5-18(17-19)10-12-24-21(27)8-9-22(28)26-15-13-25(14-16-26)20-7-2-3-11-23-20/h2-7,11,17H,8-10,12-16H2,1H3,(H,24,27). The van der Waals surface area contributed by atoms with Crippen LogP contribution >= 0.6 is 0 Å². The molecule has 2 amide bonds. The zero-order chi connectivity index (χ0) is 20.5. The van der Waals surface area contributed by atoms with E-state index in [1.165, 1.54) is 0 Å². The minimum atomic E-state index is -0.0895. The fourth-order valence-electron chi connectivity index (χ4n) is 3.37. The highest BCUT2D eigenvalue weighted by Crippen LogP contribution is 2.14. The molecule has 29 heavy (non-hydrogen) atoms. The molecule has 7 nitrogen and oxygen atoms in total. The third-order valence-corrected chi connectivity index (χ3v) is 5.04. The van der Waals surface area contributed by atoms with Gasteiger partial charge in [0.2, 0.25) is 11.8 Å². The molecular weight excluding hydrogens is 368 g/mol. The van der Waals surface area contributed by atoms with E-state index in [4.69, 9.17) is 4.74 Å². The van der Waals surface area contributed by atoms with Gasteiger partial charge in [-0.15, -0.1) is 0 Å². The van der Waals surface area contributed by atoms with Crippen molar-refractivity contribution in [2.45, 2.75) is 19.3 Å². The molecule has 1 aliphatic rings. The maximum absolute atomic E-state index is 12.4. The molecule has 0 atom stereocenters. The van der Waals surface area contributed by atoms with Gasteiger partial charge in [0.15, 0.2) is 0 Å². The Morgan fingerprint density at radius 3 is 2.62 bits per heavy atom. The Morgan fingerprint density at radius 1 is 1.07 bits per heavy atom. The van der Waals surface area contributed by atoms with E-state index in [1.54, 1.807) is 13.3 Å². The van der Waals surface area contributed by atoms with Crippen molar-refractivity contribution in [3.05, 3.63) is 54.2 Å². The molecule has 2 heterocycles. The molecule has 7 heteroatoms. The van der Waals surface area contributed by atoms with Gasteiger partial charge in [-0.3, -0.25) is 9.59 Å². The number of carbonyl (C=O) groups excluding carboxylic acids is 2. The summed E-state index contributed by atoms with van der Waals surface area (Å²) < 4.78 is 5.20. The molecule has 0 spiro atoms. The summed E-state index contributed by atoms with van der Waals surface area (Å²) in [4.78, 5) is 32.8. The first-order valence-corrected chi connectivity index (χ1v) is 9.99. The lowest BCUT2D eigenvalue weighted by Gasteiger charge is -2.35. The number of anilines is 1. The lowest BCUT2D eigenvalue weighted by atomic mass is 10.1. The first-order valence-electron chi connectivity index (χ1n) is 9.99. The van der Waals surface area contributed by atoms with Gasteiger partial charge in [0.25, 0.3) is 0 Å². The number of benzene rings is 1. The van der Waals surface area contributed by atoms with Crippen LogP contribution in [0.5, 0.6) is 5.75 Å². The van der Waals surface area contributed by atoms with Gasteiger partial charge in [-0.1, -0.05) is 18.2 Å². The van der Waals surface area contributed by atoms with Crippen LogP contribution in [0.25, 0.3) is 0 Å². The Morgan fingerprint density at radius 2 is 1.90 bits per heavy atom. The van der Waals surface area contributed by atoms with Crippen molar-refractivity contribution in [1.82, 2.24) is 15.2 Å². The van der Waals surface area contributed by atoms with Crippen LogP contribution in [0.1, 0.15) is 18.4 Å². The van der Waals surface area contributed by atoms with E-state index < -0.39 is 0 Å². The minimum Gasteiger partial charge on any atom is -0.497 e. The van der Waals surface area contributed by atoms with Crippen molar-refractivity contribution in [2.24, 2.45) is 0 Å². The molecule has 0 bridgehead atoms. The Labute approximate surface area is 171 Å². The van der Waals surface area contributed by atoms with Crippen LogP contribution in [0.2, 0.25) is 0 Å². The van der Waals surface area contributed by atoms with E-state index in [0.29, 0.717) is 19.6 Å². The summed E-state index contributed by atoms with van der Waals surface area (Å²) in [6.07, 6.45) is 2.97. The van der Waals surface area contributed by atoms with Crippen LogP contribution in [-0.2, 0) is 16.0 Å². The molecule has 0 unspecified atom stereocenters. The molecule has 0 aliphatic carbocycles. The van der Waals surface area contributed by atoms with Crippen molar-refractivity contribution in [3.8, 4) is 5.75 Å². The summed E-state index contributed by atoms with van der Waals surface area (Å²) in [7, 11) is 1.64. The second-order valence-corrected chi connectivity index (χ2v) is 7.01. The predicted octanol–water partition coefficient (Wildman–Crippen LogP) is 1.88. The van der Waals surface area contributed by atoms with Crippen LogP contribution in [0.3, 0.4) is 0 Å². The summed E-state index contributed by atoms with van der Waals surface area (Å²) in [5.41, 5.74) is 1.10. The highest BCUT2D eigenvalue weighted by Gasteiger charge is 2.22. The summed E-state index contributed by atoms with van der Waals surface area (Å²) in [6, 6.07) is 13.6. The first kappa shape index (κ1) is 20.6. The Kier molecular flexibility index (Phi) is 7.44. The zero-order valence-electron chi connectivity index (χ0n) is 16.8. The van der Waals surface area contributed by atoms with Crippen LogP contribution in [0.15, 0.2) is 48.7 Å². The molecule has 1 fully saturated rings. The number of nitrogens with one attached hydrogen (secondary N) is 1. The van der Waals surface area contributed by atoms with Crippen molar-refractivity contribution < 1.29 is 14.3 Å². The van der Waals surface area contributed by atoms with Crippen molar-refractivity contribution in [3.63, 3.8) is 0 Å². The van der Waals surface area contributed by atoms with Gasteiger partial charge < -0.3 is 19.9 Å². The maximum atomic E-state index is 12.4. The summed E-state index contributed by atoms with van der Waals surface area (Å²) in [6.45, 7) is 3.38. The lowest BCUT2D eigenvalue weighted by Crippen LogP contribution is -2.49. The SMILES string of the molecule is COc1cccc(CCNC(=O)CCC(=O)N2CCN(c3ccccn3)CC2)c1. The molecule has 0 radical (unpaired) electrons. The van der Waals surface area contributed by atoms with E-state index in [2.05, 4.69) is 15.2 Å². The fourth-order valence-corrected chi connectivity index (χ4v) is 3.37. The molecule has 1 aromatic heterocycles. The van der Waals surface area contributed by atoms with Crippen LogP contribution in [0, 0.1) is 0 Å².